The van der Waals surface area contributed by atoms with Crippen LogP contribution in [0.15, 0.2) is 10.8 Å². The van der Waals surface area contributed by atoms with E-state index < -0.39 is 0 Å². The van der Waals surface area contributed by atoms with Gasteiger partial charge in [-0.2, -0.15) is 11.3 Å². The zero-order valence-corrected chi connectivity index (χ0v) is 10.9. The topological polar surface area (TPSA) is 0 Å². The van der Waals surface area contributed by atoms with Crippen molar-refractivity contribution >= 4 is 11.3 Å². The summed E-state index contributed by atoms with van der Waals surface area (Å²) >= 11 is 1.85. The van der Waals surface area contributed by atoms with Crippen molar-refractivity contribution in [3.05, 3.63) is 21.9 Å². The first-order valence-corrected chi connectivity index (χ1v) is 6.37. The van der Waals surface area contributed by atoms with Gasteiger partial charge in [0.05, 0.1) is 0 Å². The summed E-state index contributed by atoms with van der Waals surface area (Å²) in [5.41, 5.74) is 3.54. The molecular formula is C13H22S. The molecule has 1 aromatic rings. The lowest BCUT2D eigenvalue weighted by Gasteiger charge is -2.18. The van der Waals surface area contributed by atoms with Gasteiger partial charge >= 0.3 is 0 Å². The minimum Gasteiger partial charge on any atom is -0.152 e. The normalized spacial score (nSPS) is 12.4. The Morgan fingerprint density at radius 3 is 2.21 bits per heavy atom. The van der Waals surface area contributed by atoms with Gasteiger partial charge in [0.1, 0.15) is 0 Å². The van der Waals surface area contributed by atoms with Gasteiger partial charge in [-0.25, -0.2) is 0 Å². The molecule has 0 aromatic carbocycles. The first-order valence-electron chi connectivity index (χ1n) is 5.42. The predicted octanol–water partition coefficient (Wildman–Crippen LogP) is 4.54. The molecular weight excluding hydrogens is 188 g/mol. The summed E-state index contributed by atoms with van der Waals surface area (Å²) in [5, 5.41) is 4.64. The number of hydrogen-bond donors (Lipinski definition) is 0. The lowest BCUT2D eigenvalue weighted by Crippen LogP contribution is -2.10. The van der Waals surface area contributed by atoms with Crippen LogP contribution in [0.4, 0.5) is 0 Å². The molecule has 0 aliphatic carbocycles. The first kappa shape index (κ1) is 11.8. The molecule has 1 rings (SSSR count). The third-order valence-corrected chi connectivity index (χ3v) is 3.02. The fourth-order valence-corrected chi connectivity index (χ4v) is 2.57. The second-order valence-corrected chi connectivity index (χ2v) is 6.50. The van der Waals surface area contributed by atoms with Crippen molar-refractivity contribution in [1.29, 1.82) is 0 Å². The SMILES string of the molecule is CC(C)Cc1cscc1CC(C)(C)C. The van der Waals surface area contributed by atoms with Crippen LogP contribution >= 0.6 is 11.3 Å². The highest BCUT2D eigenvalue weighted by atomic mass is 32.1. The Bertz CT molecular complexity index is 276. The molecule has 0 nitrogen and oxygen atoms in total. The molecule has 0 N–H and O–H groups in total. The van der Waals surface area contributed by atoms with Crippen molar-refractivity contribution in [2.24, 2.45) is 11.3 Å². The van der Waals surface area contributed by atoms with Crippen molar-refractivity contribution in [3.63, 3.8) is 0 Å². The highest BCUT2D eigenvalue weighted by Gasteiger charge is 2.15. The molecule has 0 atom stereocenters. The molecule has 0 saturated heterocycles. The maximum Gasteiger partial charge on any atom is -0.00582 e. The van der Waals surface area contributed by atoms with Gasteiger partial charge in [-0.05, 0) is 46.1 Å². The Hall–Kier alpha value is -0.300. The van der Waals surface area contributed by atoms with Gasteiger partial charge in [-0.15, -0.1) is 0 Å². The largest absolute Gasteiger partial charge is 0.152 e. The monoisotopic (exact) mass is 210 g/mol. The molecule has 14 heavy (non-hydrogen) atoms. The van der Waals surface area contributed by atoms with E-state index in [4.69, 9.17) is 0 Å². The highest BCUT2D eigenvalue weighted by molar-refractivity contribution is 7.08. The van der Waals surface area contributed by atoms with Crippen LogP contribution in [0.2, 0.25) is 0 Å². The van der Waals surface area contributed by atoms with Crippen LogP contribution in [-0.2, 0) is 12.8 Å². The van der Waals surface area contributed by atoms with Crippen LogP contribution in [0.5, 0.6) is 0 Å². The summed E-state index contributed by atoms with van der Waals surface area (Å²) in [7, 11) is 0. The molecule has 1 heteroatoms. The Morgan fingerprint density at radius 1 is 1.14 bits per heavy atom. The van der Waals surface area contributed by atoms with Crippen LogP contribution in [-0.4, -0.2) is 0 Å². The van der Waals surface area contributed by atoms with Gasteiger partial charge in [-0.3, -0.25) is 0 Å². The molecule has 0 spiro atoms. The van der Waals surface area contributed by atoms with Crippen LogP contribution in [0.3, 0.4) is 0 Å². The lowest BCUT2D eigenvalue weighted by molar-refractivity contribution is 0.409. The fourth-order valence-electron chi connectivity index (χ4n) is 1.70. The van der Waals surface area contributed by atoms with Gasteiger partial charge in [-0.1, -0.05) is 34.6 Å². The predicted molar refractivity (Wildman–Crippen MR) is 66.0 cm³/mol. The molecule has 1 heterocycles. The zero-order valence-electron chi connectivity index (χ0n) is 10.1. The average molecular weight is 210 g/mol. The number of thiophene rings is 1. The van der Waals surface area contributed by atoms with Gasteiger partial charge in [0.2, 0.25) is 0 Å². The summed E-state index contributed by atoms with van der Waals surface area (Å²) in [6.07, 6.45) is 2.44. The van der Waals surface area contributed by atoms with Gasteiger partial charge < -0.3 is 0 Å². The summed E-state index contributed by atoms with van der Waals surface area (Å²) in [4.78, 5) is 0. The van der Waals surface area contributed by atoms with Crippen LogP contribution < -0.4 is 0 Å². The van der Waals surface area contributed by atoms with Crippen LogP contribution in [0, 0.1) is 11.3 Å². The van der Waals surface area contributed by atoms with E-state index in [-0.39, 0.29) is 0 Å². The van der Waals surface area contributed by atoms with Crippen LogP contribution in [0.1, 0.15) is 45.7 Å². The van der Waals surface area contributed by atoms with E-state index in [9.17, 15) is 0 Å². The summed E-state index contributed by atoms with van der Waals surface area (Å²) in [5.74, 6) is 0.767. The number of hydrogen-bond acceptors (Lipinski definition) is 1. The van der Waals surface area contributed by atoms with E-state index >= 15 is 0 Å². The van der Waals surface area contributed by atoms with E-state index in [1.165, 1.54) is 12.8 Å². The molecule has 0 unspecified atom stereocenters. The second kappa shape index (κ2) is 4.48. The van der Waals surface area contributed by atoms with Crippen molar-refractivity contribution < 1.29 is 0 Å². The Labute approximate surface area is 92.4 Å². The third-order valence-electron chi connectivity index (χ3n) is 2.18. The van der Waals surface area contributed by atoms with Gasteiger partial charge in [0.25, 0.3) is 0 Å². The minimum atomic E-state index is 0.410. The van der Waals surface area contributed by atoms with Crippen LogP contribution in [0.25, 0.3) is 0 Å². The molecule has 0 fully saturated rings. The van der Waals surface area contributed by atoms with Crippen molar-refractivity contribution in [2.45, 2.75) is 47.5 Å². The summed E-state index contributed by atoms with van der Waals surface area (Å²) in [6, 6.07) is 0. The fraction of sp³-hybridized carbons (Fsp3) is 0.692. The summed E-state index contributed by atoms with van der Waals surface area (Å²) in [6.45, 7) is 11.5. The van der Waals surface area contributed by atoms with Gasteiger partial charge in [0, 0.05) is 0 Å². The highest BCUT2D eigenvalue weighted by Crippen LogP contribution is 2.26. The molecule has 0 aliphatic rings. The van der Waals surface area contributed by atoms with E-state index in [0.717, 1.165) is 5.92 Å². The standard InChI is InChI=1S/C13H22S/c1-10(2)6-11-8-14-9-12(11)7-13(3,4)5/h8-10H,6-7H2,1-5H3. The maximum atomic E-state index is 2.32. The molecule has 80 valence electrons. The zero-order chi connectivity index (χ0) is 10.8. The van der Waals surface area contributed by atoms with Crippen molar-refractivity contribution in [1.82, 2.24) is 0 Å². The van der Waals surface area contributed by atoms with Gasteiger partial charge in [0.15, 0.2) is 0 Å². The van der Waals surface area contributed by atoms with E-state index in [1.54, 1.807) is 11.1 Å². The first-order chi connectivity index (χ1) is 6.38. The summed E-state index contributed by atoms with van der Waals surface area (Å²) < 4.78 is 0. The Balaban J connectivity index is 2.72. The molecule has 0 bridgehead atoms. The quantitative estimate of drug-likeness (QED) is 0.687. The molecule has 1 aromatic heterocycles. The minimum absolute atomic E-state index is 0.410. The van der Waals surface area contributed by atoms with E-state index in [1.807, 2.05) is 11.3 Å². The van der Waals surface area contributed by atoms with E-state index in [0.29, 0.717) is 5.41 Å². The Morgan fingerprint density at radius 2 is 1.71 bits per heavy atom. The molecule has 0 radical (unpaired) electrons. The van der Waals surface area contributed by atoms with Crippen molar-refractivity contribution in [3.8, 4) is 0 Å². The molecule has 0 aliphatic heterocycles. The average Bonchev–Trinajstić information content (AvgIpc) is 2.32. The van der Waals surface area contributed by atoms with E-state index in [2.05, 4.69) is 45.4 Å². The van der Waals surface area contributed by atoms with Crippen molar-refractivity contribution in [2.75, 3.05) is 0 Å². The second-order valence-electron chi connectivity index (χ2n) is 5.76. The third kappa shape index (κ3) is 3.83. The number of rotatable bonds is 3. The Kier molecular flexibility index (Phi) is 3.77. The molecule has 0 amide bonds. The lowest BCUT2D eigenvalue weighted by atomic mass is 9.86. The maximum absolute atomic E-state index is 2.32. The smallest absolute Gasteiger partial charge is 0.00582 e. The molecule has 0 saturated carbocycles.